The van der Waals surface area contributed by atoms with Crippen LogP contribution in [0.25, 0.3) is 0 Å². The van der Waals surface area contributed by atoms with E-state index in [0.29, 0.717) is 18.8 Å². The van der Waals surface area contributed by atoms with Crippen molar-refractivity contribution >= 4 is 17.9 Å². The fourth-order valence-corrected chi connectivity index (χ4v) is 5.75. The van der Waals surface area contributed by atoms with E-state index in [2.05, 4.69) is 0 Å². The van der Waals surface area contributed by atoms with E-state index in [0.717, 1.165) is 30.4 Å². The van der Waals surface area contributed by atoms with Crippen molar-refractivity contribution in [3.05, 3.63) is 65.7 Å². The van der Waals surface area contributed by atoms with Crippen LogP contribution < -0.4 is 4.74 Å². The predicted octanol–water partition coefficient (Wildman–Crippen LogP) is 9.27. The molecule has 0 bridgehead atoms. The lowest BCUT2D eigenvalue weighted by molar-refractivity contribution is -0.177. The first-order chi connectivity index (χ1) is 20.2. The molecule has 0 aromatic heterocycles. The molecule has 0 N–H and O–H groups in total. The summed E-state index contributed by atoms with van der Waals surface area (Å²) < 4.78 is 29.0. The highest BCUT2D eigenvalue weighted by atomic mass is 16.7. The third kappa shape index (κ3) is 9.82. The number of rotatable bonds is 11. The summed E-state index contributed by atoms with van der Waals surface area (Å²) in [5.74, 6) is -0.850. The lowest BCUT2D eigenvalue weighted by Gasteiger charge is -2.38. The molecule has 0 aliphatic carbocycles. The molecule has 0 amide bonds. The fourth-order valence-electron chi connectivity index (χ4n) is 5.75. The van der Waals surface area contributed by atoms with Gasteiger partial charge in [0.25, 0.3) is 0 Å². The van der Waals surface area contributed by atoms with Crippen molar-refractivity contribution in [2.75, 3.05) is 13.2 Å². The largest absolute Gasteiger partial charge is 0.465 e. The maximum atomic E-state index is 14.1. The Morgan fingerprint density at radius 3 is 1.98 bits per heavy atom. The molecule has 2 heterocycles. The van der Waals surface area contributed by atoms with Crippen LogP contribution in [0.4, 0.5) is 0 Å². The molecule has 8 heteroatoms. The molecule has 0 spiro atoms. The SMILES string of the molecule is C.C.C.C.CCC(C)(CC(C)(C)C(=O)OC1C(=O)OCC1(C)C)C(=O)OC(C)(c1ccccc1)c1ccc(OC2CCCCO2)cc1. The van der Waals surface area contributed by atoms with Crippen LogP contribution in [-0.4, -0.2) is 43.5 Å². The van der Waals surface area contributed by atoms with E-state index in [1.54, 1.807) is 13.8 Å². The fraction of sp³-hybridized carbons (Fsp3) is 0.615. The summed E-state index contributed by atoms with van der Waals surface area (Å²) in [5.41, 5.74) is -2.25. The lowest BCUT2D eigenvalue weighted by Crippen LogP contribution is -2.44. The number of benzene rings is 2. The minimum absolute atomic E-state index is 0. The third-order valence-electron chi connectivity index (χ3n) is 8.83. The van der Waals surface area contributed by atoms with Gasteiger partial charge in [0.05, 0.1) is 17.4 Å². The molecule has 2 aliphatic heterocycles. The van der Waals surface area contributed by atoms with Gasteiger partial charge in [0.2, 0.25) is 6.10 Å². The van der Waals surface area contributed by atoms with Crippen molar-refractivity contribution in [2.24, 2.45) is 16.2 Å². The first kappa shape index (κ1) is 43.6. The molecular formula is C39H62O8. The predicted molar refractivity (Wildman–Crippen MR) is 188 cm³/mol. The second-order valence-electron chi connectivity index (χ2n) is 13.6. The Morgan fingerprint density at radius 1 is 0.872 bits per heavy atom. The van der Waals surface area contributed by atoms with Crippen LogP contribution in [0.3, 0.4) is 0 Å². The lowest BCUT2D eigenvalue weighted by atomic mass is 9.72. The molecule has 8 nitrogen and oxygen atoms in total. The molecule has 0 radical (unpaired) electrons. The molecule has 2 saturated heterocycles. The highest BCUT2D eigenvalue weighted by molar-refractivity contribution is 5.85. The standard InChI is InChI=1S/C35H46O8.4CH4/c1-8-34(6,22-32(2,3)30(37)42-28-29(36)40-23-33(28,4)5)31(38)43-35(7,24-14-10-9-11-15-24)25-17-19-26(20-18-25)41-27-16-12-13-21-39-27;;;;/h9-11,14-15,17-20,27-28H,8,12-13,16,21-23H2,1-7H3;4*1H4. The normalized spacial score (nSPS) is 21.0. The van der Waals surface area contributed by atoms with Gasteiger partial charge in [0, 0.05) is 17.4 Å². The van der Waals surface area contributed by atoms with Gasteiger partial charge in [-0.05, 0) is 71.1 Å². The molecule has 266 valence electrons. The zero-order chi connectivity index (χ0) is 31.5. The number of carbonyl (C=O) groups is 3. The summed E-state index contributed by atoms with van der Waals surface area (Å²) in [7, 11) is 0. The Balaban J connectivity index is 0.00000529. The number of esters is 3. The van der Waals surface area contributed by atoms with E-state index in [4.69, 9.17) is 23.7 Å². The van der Waals surface area contributed by atoms with E-state index in [1.807, 2.05) is 89.2 Å². The van der Waals surface area contributed by atoms with Crippen molar-refractivity contribution in [2.45, 2.75) is 128 Å². The minimum atomic E-state index is -1.11. The molecular weight excluding hydrogens is 596 g/mol. The van der Waals surface area contributed by atoms with Gasteiger partial charge in [-0.25, -0.2) is 4.79 Å². The molecule has 47 heavy (non-hydrogen) atoms. The quantitative estimate of drug-likeness (QED) is 0.174. The number of carbonyl (C=O) groups excluding carboxylic acids is 3. The topological polar surface area (TPSA) is 97.4 Å². The average molecular weight is 659 g/mol. The van der Waals surface area contributed by atoms with Crippen molar-refractivity contribution < 1.29 is 38.1 Å². The summed E-state index contributed by atoms with van der Waals surface area (Å²) in [6.07, 6.45) is 2.31. The minimum Gasteiger partial charge on any atom is -0.465 e. The van der Waals surface area contributed by atoms with Gasteiger partial charge in [-0.3, -0.25) is 9.59 Å². The average Bonchev–Trinajstić information content (AvgIpc) is 3.24. The van der Waals surface area contributed by atoms with Gasteiger partial charge >= 0.3 is 17.9 Å². The molecule has 0 saturated carbocycles. The third-order valence-corrected chi connectivity index (χ3v) is 8.83. The molecule has 4 unspecified atom stereocenters. The van der Waals surface area contributed by atoms with Crippen molar-refractivity contribution in [1.29, 1.82) is 0 Å². The van der Waals surface area contributed by atoms with Crippen LogP contribution >= 0.6 is 0 Å². The molecule has 2 fully saturated rings. The molecule has 2 aromatic rings. The Hall–Kier alpha value is -3.39. The summed E-state index contributed by atoms with van der Waals surface area (Å²) in [5, 5.41) is 0. The number of hydrogen-bond donors (Lipinski definition) is 0. The highest BCUT2D eigenvalue weighted by Gasteiger charge is 2.50. The van der Waals surface area contributed by atoms with Crippen LogP contribution in [0.1, 0.15) is 121 Å². The van der Waals surface area contributed by atoms with E-state index in [-0.39, 0.29) is 49.0 Å². The maximum absolute atomic E-state index is 14.1. The zero-order valence-electron chi connectivity index (χ0n) is 26.6. The summed E-state index contributed by atoms with van der Waals surface area (Å²) in [4.78, 5) is 39.7. The zero-order valence-corrected chi connectivity index (χ0v) is 26.6. The Kier molecular flexibility index (Phi) is 15.9. The number of hydrogen-bond acceptors (Lipinski definition) is 8. The van der Waals surface area contributed by atoms with Crippen molar-refractivity contribution in [3.8, 4) is 5.75 Å². The Bertz CT molecular complexity index is 1280. The van der Waals surface area contributed by atoms with Gasteiger partial charge in [-0.15, -0.1) is 0 Å². The van der Waals surface area contributed by atoms with Crippen molar-refractivity contribution in [1.82, 2.24) is 0 Å². The summed E-state index contributed by atoms with van der Waals surface area (Å²) >= 11 is 0. The Morgan fingerprint density at radius 2 is 1.47 bits per heavy atom. The van der Waals surface area contributed by atoms with Crippen LogP contribution in [0, 0.1) is 16.2 Å². The van der Waals surface area contributed by atoms with Crippen LogP contribution in [0.15, 0.2) is 54.6 Å². The first-order valence-corrected chi connectivity index (χ1v) is 15.3. The second-order valence-corrected chi connectivity index (χ2v) is 13.6. The van der Waals surface area contributed by atoms with E-state index >= 15 is 0 Å². The van der Waals surface area contributed by atoms with Gasteiger partial charge in [-0.2, -0.15) is 0 Å². The van der Waals surface area contributed by atoms with Gasteiger partial charge in [0.1, 0.15) is 12.4 Å². The molecule has 2 aliphatic rings. The smallest absolute Gasteiger partial charge is 0.348 e. The van der Waals surface area contributed by atoms with E-state index < -0.39 is 45.9 Å². The highest BCUT2D eigenvalue weighted by Crippen LogP contribution is 2.43. The first-order valence-electron chi connectivity index (χ1n) is 15.3. The van der Waals surface area contributed by atoms with Gasteiger partial charge < -0.3 is 23.7 Å². The van der Waals surface area contributed by atoms with E-state index in [9.17, 15) is 14.4 Å². The van der Waals surface area contributed by atoms with Gasteiger partial charge in [-0.1, -0.05) is 92.9 Å². The number of ether oxygens (including phenoxy) is 5. The summed E-state index contributed by atoms with van der Waals surface area (Å²) in [6, 6.07) is 17.2. The monoisotopic (exact) mass is 658 g/mol. The molecule has 4 atom stereocenters. The molecule has 2 aromatic carbocycles. The van der Waals surface area contributed by atoms with Crippen LogP contribution in [0.5, 0.6) is 5.75 Å². The van der Waals surface area contributed by atoms with E-state index in [1.165, 1.54) is 0 Å². The van der Waals surface area contributed by atoms with Crippen LogP contribution in [-0.2, 0) is 38.9 Å². The number of cyclic esters (lactones) is 1. The Labute approximate surface area is 284 Å². The summed E-state index contributed by atoms with van der Waals surface area (Å²) in [6.45, 7) is 13.6. The maximum Gasteiger partial charge on any atom is 0.348 e. The van der Waals surface area contributed by atoms with Gasteiger partial charge in [0.15, 0.2) is 11.9 Å². The van der Waals surface area contributed by atoms with Crippen molar-refractivity contribution in [3.63, 3.8) is 0 Å². The molecule has 4 rings (SSSR count). The van der Waals surface area contributed by atoms with Crippen LogP contribution in [0.2, 0.25) is 0 Å². The second kappa shape index (κ2) is 17.1.